The Morgan fingerprint density at radius 2 is 1.09 bits per heavy atom. The minimum atomic E-state index is -0.167. The molecule has 1 heterocycles. The summed E-state index contributed by atoms with van der Waals surface area (Å²) in [5.74, 6) is 1.83. The van der Waals surface area contributed by atoms with E-state index in [1.807, 2.05) is 12.1 Å². The number of anilines is 3. The van der Waals surface area contributed by atoms with Crippen LogP contribution in [-0.4, -0.2) is 0 Å². The average Bonchev–Trinajstić information content (AvgIpc) is 2.91. The van der Waals surface area contributed by atoms with E-state index < -0.39 is 0 Å². The first-order valence-corrected chi connectivity index (χ1v) is 12.0. The van der Waals surface area contributed by atoms with Crippen LogP contribution in [0.2, 0.25) is 0 Å². The fourth-order valence-corrected chi connectivity index (χ4v) is 5.07. The van der Waals surface area contributed by atoms with E-state index in [0.29, 0.717) is 0 Å². The quantitative estimate of drug-likeness (QED) is 0.269. The zero-order valence-corrected chi connectivity index (χ0v) is 20.0. The molecule has 2 nitrogen and oxygen atoms in total. The number of para-hydroxylation sites is 3. The molecule has 1 aliphatic rings. The highest BCUT2D eigenvalue weighted by Gasteiger charge is 2.36. The van der Waals surface area contributed by atoms with Crippen LogP contribution in [-0.2, 0) is 5.41 Å². The van der Waals surface area contributed by atoms with Crippen molar-refractivity contribution < 1.29 is 4.74 Å². The lowest BCUT2D eigenvalue weighted by molar-refractivity contribution is 0.419. The molecule has 0 spiro atoms. The lowest BCUT2D eigenvalue weighted by Gasteiger charge is -2.37. The third kappa shape index (κ3) is 3.68. The van der Waals surface area contributed by atoms with Crippen LogP contribution in [0.25, 0.3) is 11.1 Å². The maximum atomic E-state index is 6.62. The highest BCUT2D eigenvalue weighted by Crippen LogP contribution is 2.53. The zero-order chi connectivity index (χ0) is 23.8. The predicted molar refractivity (Wildman–Crippen MR) is 145 cm³/mol. The molecule has 0 aliphatic carbocycles. The van der Waals surface area contributed by atoms with Gasteiger partial charge in [0.05, 0.1) is 5.69 Å². The molecule has 5 aromatic carbocycles. The van der Waals surface area contributed by atoms with Gasteiger partial charge in [0.25, 0.3) is 0 Å². The Morgan fingerprint density at radius 3 is 1.83 bits per heavy atom. The molecule has 0 radical (unpaired) electrons. The standard InChI is InChI=1S/C33H27NO/c1-33(2)28-16-9-10-19-31(28)35-32-29(33)17-11-18-30(32)34(26-14-7-4-8-15-26)27-22-20-25(21-23-27)24-12-5-3-6-13-24/h3-23H,1-2H3. The van der Waals surface area contributed by atoms with E-state index in [2.05, 4.69) is 134 Å². The third-order valence-corrected chi connectivity index (χ3v) is 6.93. The van der Waals surface area contributed by atoms with E-state index >= 15 is 0 Å². The van der Waals surface area contributed by atoms with Gasteiger partial charge in [0.2, 0.25) is 0 Å². The van der Waals surface area contributed by atoms with Crippen LogP contribution < -0.4 is 9.64 Å². The van der Waals surface area contributed by atoms with Crippen molar-refractivity contribution in [3.8, 4) is 22.6 Å². The second-order valence-corrected chi connectivity index (χ2v) is 9.46. The summed E-state index contributed by atoms with van der Waals surface area (Å²) in [5.41, 5.74) is 7.85. The molecule has 170 valence electrons. The van der Waals surface area contributed by atoms with Gasteiger partial charge in [0.15, 0.2) is 5.75 Å². The molecule has 0 amide bonds. The molecule has 0 saturated carbocycles. The molecule has 0 aromatic heterocycles. The first-order chi connectivity index (χ1) is 17.1. The predicted octanol–water partition coefficient (Wildman–Crippen LogP) is 9.25. The summed E-state index contributed by atoms with van der Waals surface area (Å²) >= 11 is 0. The Morgan fingerprint density at radius 1 is 0.514 bits per heavy atom. The minimum absolute atomic E-state index is 0.167. The van der Waals surface area contributed by atoms with Crippen LogP contribution >= 0.6 is 0 Å². The first-order valence-electron chi connectivity index (χ1n) is 12.0. The lowest BCUT2D eigenvalue weighted by atomic mass is 9.75. The highest BCUT2D eigenvalue weighted by atomic mass is 16.5. The SMILES string of the molecule is CC1(C)c2ccccc2Oc2c(N(c3ccccc3)c3ccc(-c4ccccc4)cc3)cccc21. The van der Waals surface area contributed by atoms with E-state index in [4.69, 9.17) is 4.74 Å². The van der Waals surface area contributed by atoms with Crippen molar-refractivity contribution in [2.75, 3.05) is 4.90 Å². The van der Waals surface area contributed by atoms with E-state index in [-0.39, 0.29) is 5.41 Å². The van der Waals surface area contributed by atoms with Crippen LogP contribution in [0.15, 0.2) is 127 Å². The molecule has 6 rings (SSSR count). The Kier molecular flexibility index (Phi) is 5.15. The van der Waals surface area contributed by atoms with Crippen LogP contribution in [0.5, 0.6) is 11.5 Å². The van der Waals surface area contributed by atoms with E-state index in [1.54, 1.807) is 0 Å². The highest BCUT2D eigenvalue weighted by molar-refractivity contribution is 5.83. The number of fused-ring (bicyclic) bond motifs is 2. The number of ether oxygens (including phenoxy) is 1. The molecule has 0 N–H and O–H groups in total. The van der Waals surface area contributed by atoms with Gasteiger partial charge in [-0.1, -0.05) is 105 Å². The molecule has 2 heteroatoms. The van der Waals surface area contributed by atoms with Crippen molar-refractivity contribution in [2.24, 2.45) is 0 Å². The normalized spacial score (nSPS) is 13.3. The van der Waals surface area contributed by atoms with Crippen molar-refractivity contribution in [1.82, 2.24) is 0 Å². The lowest BCUT2D eigenvalue weighted by Crippen LogP contribution is -2.25. The summed E-state index contributed by atoms with van der Waals surface area (Å²) in [7, 11) is 0. The van der Waals surface area contributed by atoms with E-state index in [1.165, 1.54) is 22.3 Å². The van der Waals surface area contributed by atoms with Gasteiger partial charge in [-0.15, -0.1) is 0 Å². The summed E-state index contributed by atoms with van der Waals surface area (Å²) in [6, 6.07) is 44.6. The molecular formula is C33H27NO. The third-order valence-electron chi connectivity index (χ3n) is 6.93. The Labute approximate surface area is 207 Å². The number of nitrogens with zero attached hydrogens (tertiary/aromatic N) is 1. The maximum Gasteiger partial charge on any atom is 0.155 e. The molecule has 0 bridgehead atoms. The summed E-state index contributed by atoms with van der Waals surface area (Å²) < 4.78 is 6.62. The molecule has 5 aromatic rings. The summed E-state index contributed by atoms with van der Waals surface area (Å²) in [5, 5.41) is 0. The van der Waals surface area contributed by atoms with Gasteiger partial charge >= 0.3 is 0 Å². The number of hydrogen-bond acceptors (Lipinski definition) is 2. The van der Waals surface area contributed by atoms with Crippen molar-refractivity contribution in [1.29, 1.82) is 0 Å². The van der Waals surface area contributed by atoms with Gasteiger partial charge in [-0.2, -0.15) is 0 Å². The monoisotopic (exact) mass is 453 g/mol. The van der Waals surface area contributed by atoms with E-state index in [0.717, 1.165) is 28.6 Å². The Hall–Kier alpha value is -4.30. The van der Waals surface area contributed by atoms with Crippen molar-refractivity contribution in [3.63, 3.8) is 0 Å². The first kappa shape index (κ1) is 21.2. The zero-order valence-electron chi connectivity index (χ0n) is 20.0. The minimum Gasteiger partial charge on any atom is -0.455 e. The van der Waals surface area contributed by atoms with Gasteiger partial charge in [-0.3, -0.25) is 0 Å². The van der Waals surface area contributed by atoms with Crippen LogP contribution in [0.1, 0.15) is 25.0 Å². The van der Waals surface area contributed by atoms with Gasteiger partial charge in [-0.25, -0.2) is 0 Å². The molecule has 0 saturated heterocycles. The van der Waals surface area contributed by atoms with Crippen LogP contribution in [0.4, 0.5) is 17.1 Å². The molecular weight excluding hydrogens is 426 g/mol. The van der Waals surface area contributed by atoms with Gasteiger partial charge < -0.3 is 9.64 Å². The molecule has 0 fully saturated rings. The summed E-state index contributed by atoms with van der Waals surface area (Å²) in [6.07, 6.45) is 0. The summed E-state index contributed by atoms with van der Waals surface area (Å²) in [6.45, 7) is 4.55. The molecule has 1 aliphatic heterocycles. The van der Waals surface area contributed by atoms with E-state index in [9.17, 15) is 0 Å². The van der Waals surface area contributed by atoms with Crippen molar-refractivity contribution in [2.45, 2.75) is 19.3 Å². The Bertz CT molecular complexity index is 1470. The van der Waals surface area contributed by atoms with Gasteiger partial charge in [-0.05, 0) is 47.5 Å². The van der Waals surface area contributed by atoms with Gasteiger partial charge in [0, 0.05) is 27.9 Å². The van der Waals surface area contributed by atoms with Crippen molar-refractivity contribution >= 4 is 17.1 Å². The molecule has 0 unspecified atom stereocenters. The number of rotatable bonds is 4. The average molecular weight is 454 g/mol. The van der Waals surface area contributed by atoms with Crippen LogP contribution in [0, 0.1) is 0 Å². The second-order valence-electron chi connectivity index (χ2n) is 9.46. The van der Waals surface area contributed by atoms with Crippen molar-refractivity contribution in [3.05, 3.63) is 139 Å². The number of benzene rings is 5. The smallest absolute Gasteiger partial charge is 0.155 e. The molecule has 35 heavy (non-hydrogen) atoms. The Balaban J connectivity index is 1.51. The number of hydrogen-bond donors (Lipinski definition) is 0. The van der Waals surface area contributed by atoms with Gasteiger partial charge in [0.1, 0.15) is 5.75 Å². The topological polar surface area (TPSA) is 12.5 Å². The summed E-state index contributed by atoms with van der Waals surface area (Å²) in [4.78, 5) is 2.29. The van der Waals surface area contributed by atoms with Crippen LogP contribution in [0.3, 0.4) is 0 Å². The largest absolute Gasteiger partial charge is 0.455 e. The maximum absolute atomic E-state index is 6.62. The second kappa shape index (κ2) is 8.48. The fraction of sp³-hybridized carbons (Fsp3) is 0.0909. The molecule has 0 atom stereocenters. The fourth-order valence-electron chi connectivity index (χ4n) is 5.07.